The van der Waals surface area contributed by atoms with Gasteiger partial charge in [-0.15, -0.1) is 16.2 Å². The second-order valence-corrected chi connectivity index (χ2v) is 8.07. The number of carbonyl (C=O) groups is 1. The van der Waals surface area contributed by atoms with Crippen LogP contribution in [0.1, 0.15) is 5.69 Å². The van der Waals surface area contributed by atoms with Gasteiger partial charge in [-0.05, 0) is 42.5 Å². The number of benzene rings is 2. The molecule has 0 bridgehead atoms. The Hall–Kier alpha value is -2.76. The zero-order chi connectivity index (χ0) is 20.3. The highest BCUT2D eigenvalue weighted by molar-refractivity contribution is 7.89. The van der Waals surface area contributed by atoms with Crippen molar-refractivity contribution in [1.29, 1.82) is 0 Å². The number of aromatic nitrogens is 1. The molecule has 3 aromatic rings. The highest BCUT2D eigenvalue weighted by atomic mass is 32.2. The molecule has 0 aliphatic heterocycles. The Kier molecular flexibility index (Phi) is 5.77. The summed E-state index contributed by atoms with van der Waals surface area (Å²) in [6, 6.07) is 7.58. The van der Waals surface area contributed by atoms with Gasteiger partial charge >= 0.3 is 0 Å². The van der Waals surface area contributed by atoms with E-state index in [1.54, 1.807) is 22.3 Å². The summed E-state index contributed by atoms with van der Waals surface area (Å²) < 4.78 is 63.7. The predicted molar refractivity (Wildman–Crippen MR) is 96.0 cm³/mol. The number of nitrogens with zero attached hydrogens (tertiary/aromatic N) is 1. The van der Waals surface area contributed by atoms with E-state index in [4.69, 9.17) is 0 Å². The Labute approximate surface area is 162 Å². The second kappa shape index (κ2) is 8.09. The Bertz CT molecular complexity index is 1120. The fourth-order valence-electron chi connectivity index (χ4n) is 2.18. The molecule has 2 aromatic carbocycles. The molecular formula is C17H12F3N3O3S2. The van der Waals surface area contributed by atoms with Crippen molar-refractivity contribution >= 4 is 27.3 Å². The molecule has 3 rings (SSSR count). The van der Waals surface area contributed by atoms with Gasteiger partial charge in [0.2, 0.25) is 5.91 Å². The summed E-state index contributed by atoms with van der Waals surface area (Å²) >= 11 is 1.23. The van der Waals surface area contributed by atoms with Crippen molar-refractivity contribution in [3.05, 3.63) is 71.0 Å². The number of nitrogens with one attached hydrogen (secondary N) is 2. The molecule has 0 saturated heterocycles. The summed E-state index contributed by atoms with van der Waals surface area (Å²) in [6.07, 6.45) is -0.258. The molecule has 1 heterocycles. The van der Waals surface area contributed by atoms with Crippen molar-refractivity contribution in [2.75, 3.05) is 0 Å². The summed E-state index contributed by atoms with van der Waals surface area (Å²) in [7, 11) is -4.49. The van der Waals surface area contributed by atoms with Crippen molar-refractivity contribution in [3.8, 4) is 10.6 Å². The molecule has 0 aliphatic rings. The van der Waals surface area contributed by atoms with Crippen LogP contribution in [-0.4, -0.2) is 19.3 Å². The lowest BCUT2D eigenvalue weighted by atomic mass is 10.2. The molecule has 1 amide bonds. The average Bonchev–Trinajstić information content (AvgIpc) is 3.11. The molecule has 0 fully saturated rings. The molecule has 0 atom stereocenters. The standard InChI is InChI=1S/C17H12F3N3O3S2/c18-11-3-1-10(2-4-11)17-21-13(9-27-17)8-16(24)22-23-28(25,26)15-7-12(19)5-6-14(15)20/h1-7,9,23H,8H2,(H,22,24). The normalized spacial score (nSPS) is 11.4. The number of thiazole rings is 1. The number of hydrogen-bond acceptors (Lipinski definition) is 5. The van der Waals surface area contributed by atoms with Crippen molar-refractivity contribution in [2.24, 2.45) is 0 Å². The minimum atomic E-state index is -4.49. The lowest BCUT2D eigenvalue weighted by Crippen LogP contribution is -2.42. The van der Waals surface area contributed by atoms with Gasteiger partial charge in [-0.25, -0.2) is 26.6 Å². The maximum Gasteiger partial charge on any atom is 0.260 e. The largest absolute Gasteiger partial charge is 0.277 e. The van der Waals surface area contributed by atoms with Crippen LogP contribution in [0.2, 0.25) is 0 Å². The summed E-state index contributed by atoms with van der Waals surface area (Å²) in [4.78, 5) is 16.9. The number of sulfonamides is 1. The van der Waals surface area contributed by atoms with Gasteiger partial charge in [-0.2, -0.15) is 0 Å². The molecule has 2 N–H and O–H groups in total. The molecule has 0 unspecified atom stereocenters. The Morgan fingerprint density at radius 2 is 1.71 bits per heavy atom. The van der Waals surface area contributed by atoms with E-state index in [0.29, 0.717) is 28.4 Å². The van der Waals surface area contributed by atoms with Gasteiger partial charge in [-0.3, -0.25) is 10.2 Å². The first-order valence-electron chi connectivity index (χ1n) is 7.70. The zero-order valence-electron chi connectivity index (χ0n) is 13.9. The quantitative estimate of drug-likeness (QED) is 0.592. The van der Waals surface area contributed by atoms with E-state index in [1.165, 1.54) is 23.5 Å². The van der Waals surface area contributed by atoms with Crippen molar-refractivity contribution in [2.45, 2.75) is 11.3 Å². The molecule has 1 aromatic heterocycles. The smallest absolute Gasteiger partial charge is 0.260 e. The Morgan fingerprint density at radius 1 is 1.04 bits per heavy atom. The molecular weight excluding hydrogens is 415 g/mol. The van der Waals surface area contributed by atoms with Gasteiger partial charge in [0.15, 0.2) is 0 Å². The molecule has 0 radical (unpaired) electrons. The van der Waals surface area contributed by atoms with Gasteiger partial charge < -0.3 is 0 Å². The van der Waals surface area contributed by atoms with E-state index in [-0.39, 0.29) is 12.2 Å². The van der Waals surface area contributed by atoms with Crippen molar-refractivity contribution < 1.29 is 26.4 Å². The first-order chi connectivity index (χ1) is 13.2. The topological polar surface area (TPSA) is 88.2 Å². The van der Waals surface area contributed by atoms with Crippen LogP contribution in [-0.2, 0) is 21.2 Å². The third kappa shape index (κ3) is 4.74. The molecule has 0 saturated carbocycles. The third-order valence-corrected chi connectivity index (χ3v) is 5.70. The van der Waals surface area contributed by atoms with Crippen LogP contribution < -0.4 is 10.3 Å². The summed E-state index contributed by atoms with van der Waals surface area (Å²) in [6.45, 7) is 0. The number of halogens is 3. The predicted octanol–water partition coefficient (Wildman–Crippen LogP) is 2.78. The maximum absolute atomic E-state index is 13.6. The fraction of sp³-hybridized carbons (Fsp3) is 0.0588. The average molecular weight is 427 g/mol. The molecule has 28 heavy (non-hydrogen) atoms. The van der Waals surface area contributed by atoms with Gasteiger partial charge in [0.25, 0.3) is 10.0 Å². The molecule has 0 aliphatic carbocycles. The van der Waals surface area contributed by atoms with E-state index in [2.05, 4.69) is 4.98 Å². The number of amides is 1. The zero-order valence-corrected chi connectivity index (χ0v) is 15.6. The maximum atomic E-state index is 13.6. The van der Waals surface area contributed by atoms with Crippen LogP contribution in [0.3, 0.4) is 0 Å². The molecule has 6 nitrogen and oxygen atoms in total. The summed E-state index contributed by atoms with van der Waals surface area (Å²) in [5, 5.41) is 2.16. The molecule has 146 valence electrons. The van der Waals surface area contributed by atoms with E-state index < -0.39 is 32.5 Å². The Morgan fingerprint density at radius 3 is 2.43 bits per heavy atom. The van der Waals surface area contributed by atoms with Gasteiger partial charge in [0.05, 0.1) is 12.1 Å². The first-order valence-corrected chi connectivity index (χ1v) is 10.1. The van der Waals surface area contributed by atoms with Gasteiger partial charge in [0, 0.05) is 10.9 Å². The highest BCUT2D eigenvalue weighted by Gasteiger charge is 2.21. The number of hydrogen-bond donors (Lipinski definition) is 2. The van der Waals surface area contributed by atoms with E-state index in [9.17, 15) is 26.4 Å². The number of hydrazine groups is 1. The van der Waals surface area contributed by atoms with Crippen LogP contribution in [0.4, 0.5) is 13.2 Å². The lowest BCUT2D eigenvalue weighted by molar-refractivity contribution is -0.120. The van der Waals surface area contributed by atoms with Crippen LogP contribution in [0.25, 0.3) is 10.6 Å². The third-order valence-electron chi connectivity index (χ3n) is 3.49. The summed E-state index contributed by atoms with van der Waals surface area (Å²) in [5.41, 5.74) is 2.95. The first kappa shape index (κ1) is 20.0. The van der Waals surface area contributed by atoms with Crippen molar-refractivity contribution in [3.63, 3.8) is 0 Å². The molecule has 11 heteroatoms. The SMILES string of the molecule is O=C(Cc1csc(-c2ccc(F)cc2)n1)NNS(=O)(=O)c1cc(F)ccc1F. The van der Waals surface area contributed by atoms with Crippen molar-refractivity contribution in [1.82, 2.24) is 15.2 Å². The van der Waals surface area contributed by atoms with E-state index in [0.717, 1.165) is 6.07 Å². The van der Waals surface area contributed by atoms with Crippen LogP contribution in [0, 0.1) is 17.5 Å². The van der Waals surface area contributed by atoms with Gasteiger partial charge in [-0.1, -0.05) is 0 Å². The molecule has 0 spiro atoms. The van der Waals surface area contributed by atoms with Crippen LogP contribution in [0.15, 0.2) is 52.7 Å². The highest BCUT2D eigenvalue weighted by Crippen LogP contribution is 2.24. The van der Waals surface area contributed by atoms with E-state index >= 15 is 0 Å². The van der Waals surface area contributed by atoms with Gasteiger partial charge in [0.1, 0.15) is 27.4 Å². The lowest BCUT2D eigenvalue weighted by Gasteiger charge is -2.08. The summed E-state index contributed by atoms with van der Waals surface area (Å²) in [5.74, 6) is -3.24. The van der Waals surface area contributed by atoms with Crippen LogP contribution in [0.5, 0.6) is 0 Å². The minimum absolute atomic E-state index is 0.258. The Balaban J connectivity index is 1.63. The second-order valence-electron chi connectivity index (χ2n) is 5.56. The van der Waals surface area contributed by atoms with Crippen LogP contribution >= 0.6 is 11.3 Å². The number of carbonyl (C=O) groups excluding carboxylic acids is 1. The van der Waals surface area contributed by atoms with E-state index in [1.807, 2.05) is 5.43 Å². The minimum Gasteiger partial charge on any atom is -0.277 e. The fourth-order valence-corrected chi connectivity index (χ4v) is 3.96. The number of rotatable bonds is 6. The monoisotopic (exact) mass is 427 g/mol.